The van der Waals surface area contributed by atoms with Gasteiger partial charge in [0, 0.05) is 17.8 Å². The van der Waals surface area contributed by atoms with Crippen LogP contribution in [-0.4, -0.2) is 12.5 Å². The van der Waals surface area contributed by atoms with Crippen molar-refractivity contribution in [1.29, 1.82) is 0 Å². The van der Waals surface area contributed by atoms with Crippen LogP contribution < -0.4 is 11.1 Å². The van der Waals surface area contributed by atoms with Crippen molar-refractivity contribution >= 4 is 24.0 Å². The van der Waals surface area contributed by atoms with Gasteiger partial charge >= 0.3 is 0 Å². The number of nitrogen functional groups attached to an aromatic ring is 1. The number of hydrogen-bond donors (Lipinski definition) is 2. The fraction of sp³-hybridized carbons (Fsp3) is 0.462. The van der Waals surface area contributed by atoms with E-state index in [2.05, 4.69) is 19.2 Å². The van der Waals surface area contributed by atoms with E-state index in [9.17, 15) is 4.79 Å². The molecule has 0 heterocycles. The Hall–Kier alpha value is -1.22. The van der Waals surface area contributed by atoms with Gasteiger partial charge in [-0.25, -0.2) is 0 Å². The van der Waals surface area contributed by atoms with Crippen molar-refractivity contribution in [2.45, 2.75) is 20.3 Å². The van der Waals surface area contributed by atoms with Crippen molar-refractivity contribution in [2.24, 2.45) is 11.3 Å². The van der Waals surface area contributed by atoms with Crippen molar-refractivity contribution in [1.82, 2.24) is 5.32 Å². The summed E-state index contributed by atoms with van der Waals surface area (Å²) in [5, 5.41) is 2.95. The van der Waals surface area contributed by atoms with E-state index >= 15 is 0 Å². The third-order valence-electron chi connectivity index (χ3n) is 3.38. The average molecular weight is 255 g/mol. The maximum Gasteiger partial charge on any atom is 0.251 e. The Kier molecular flexibility index (Phi) is 4.04. The average Bonchev–Trinajstić information content (AvgIpc) is 2.83. The van der Waals surface area contributed by atoms with E-state index < -0.39 is 0 Å². The van der Waals surface area contributed by atoms with Gasteiger partial charge in [-0.1, -0.05) is 19.9 Å². The largest absolute Gasteiger partial charge is 0.399 e. The van der Waals surface area contributed by atoms with Crippen LogP contribution in [0.15, 0.2) is 24.3 Å². The van der Waals surface area contributed by atoms with Gasteiger partial charge in [-0.2, -0.15) is 0 Å². The maximum atomic E-state index is 11.8. The zero-order valence-electron chi connectivity index (χ0n) is 10.2. The summed E-state index contributed by atoms with van der Waals surface area (Å²) >= 11 is 0. The van der Waals surface area contributed by atoms with Crippen LogP contribution in [0.4, 0.5) is 5.69 Å². The Morgan fingerprint density at radius 3 is 2.71 bits per heavy atom. The molecule has 1 amide bonds. The topological polar surface area (TPSA) is 55.1 Å². The zero-order chi connectivity index (χ0) is 11.8. The highest BCUT2D eigenvalue weighted by Gasteiger charge is 2.45. The number of hydrogen-bond acceptors (Lipinski definition) is 2. The Morgan fingerprint density at radius 2 is 2.18 bits per heavy atom. The molecule has 0 bridgehead atoms. The normalized spacial score (nSPS) is 20.2. The van der Waals surface area contributed by atoms with Gasteiger partial charge in [0.2, 0.25) is 0 Å². The maximum absolute atomic E-state index is 11.8. The van der Waals surface area contributed by atoms with E-state index in [4.69, 9.17) is 5.73 Å². The molecular formula is C13H19ClN2O. The van der Waals surface area contributed by atoms with Crippen LogP contribution >= 0.6 is 12.4 Å². The molecule has 1 fully saturated rings. The Balaban J connectivity index is 0.00000144. The predicted octanol–water partition coefficient (Wildman–Crippen LogP) is 2.47. The summed E-state index contributed by atoms with van der Waals surface area (Å²) in [5.74, 6) is 0.590. The highest BCUT2D eigenvalue weighted by Crippen LogP contribution is 2.50. The molecule has 0 aromatic heterocycles. The first-order valence-electron chi connectivity index (χ1n) is 5.63. The summed E-state index contributed by atoms with van der Waals surface area (Å²) < 4.78 is 0. The van der Waals surface area contributed by atoms with Gasteiger partial charge < -0.3 is 11.1 Å². The Bertz CT molecular complexity index is 418. The number of anilines is 1. The molecule has 2 rings (SSSR count). The van der Waals surface area contributed by atoms with Crippen molar-refractivity contribution in [3.63, 3.8) is 0 Å². The number of carbonyl (C=O) groups is 1. The fourth-order valence-corrected chi connectivity index (χ4v) is 1.92. The molecule has 0 saturated heterocycles. The number of rotatable bonds is 3. The van der Waals surface area contributed by atoms with Gasteiger partial charge in [-0.3, -0.25) is 4.79 Å². The van der Waals surface area contributed by atoms with Crippen LogP contribution in [0.1, 0.15) is 30.6 Å². The lowest BCUT2D eigenvalue weighted by Crippen LogP contribution is -2.26. The Morgan fingerprint density at radius 1 is 1.53 bits per heavy atom. The van der Waals surface area contributed by atoms with E-state index in [-0.39, 0.29) is 18.3 Å². The van der Waals surface area contributed by atoms with Crippen molar-refractivity contribution in [2.75, 3.05) is 12.3 Å². The van der Waals surface area contributed by atoms with Crippen LogP contribution in [0.3, 0.4) is 0 Å². The minimum Gasteiger partial charge on any atom is -0.399 e. The first kappa shape index (κ1) is 13.8. The summed E-state index contributed by atoms with van der Waals surface area (Å²) in [6.07, 6.45) is 1.20. The predicted molar refractivity (Wildman–Crippen MR) is 72.3 cm³/mol. The van der Waals surface area contributed by atoms with Gasteiger partial charge in [0.25, 0.3) is 5.91 Å². The SMILES string of the molecule is CC1(C)CC1CNC(=O)c1cccc(N)c1.Cl. The first-order valence-corrected chi connectivity index (χ1v) is 5.63. The van der Waals surface area contributed by atoms with E-state index in [0.717, 1.165) is 6.54 Å². The molecule has 0 aliphatic heterocycles. The van der Waals surface area contributed by atoms with Gasteiger partial charge in [-0.15, -0.1) is 12.4 Å². The monoisotopic (exact) mass is 254 g/mol. The molecule has 1 saturated carbocycles. The number of halogens is 1. The van der Waals surface area contributed by atoms with Gasteiger partial charge in [0.1, 0.15) is 0 Å². The van der Waals surface area contributed by atoms with Gasteiger partial charge in [0.15, 0.2) is 0 Å². The Labute approximate surface area is 108 Å². The molecule has 4 heteroatoms. The molecule has 1 aliphatic carbocycles. The molecule has 1 aliphatic rings. The molecule has 0 radical (unpaired) electrons. The molecule has 94 valence electrons. The third kappa shape index (κ3) is 3.37. The quantitative estimate of drug-likeness (QED) is 0.815. The third-order valence-corrected chi connectivity index (χ3v) is 3.38. The van der Waals surface area contributed by atoms with Crippen LogP contribution in [0.25, 0.3) is 0 Å². The smallest absolute Gasteiger partial charge is 0.251 e. The molecule has 0 spiro atoms. The second kappa shape index (κ2) is 4.96. The van der Waals surface area contributed by atoms with E-state index in [1.165, 1.54) is 6.42 Å². The number of carbonyl (C=O) groups excluding carboxylic acids is 1. The minimum atomic E-state index is -0.0324. The summed E-state index contributed by atoms with van der Waals surface area (Å²) in [6.45, 7) is 5.22. The summed E-state index contributed by atoms with van der Waals surface area (Å²) in [5.41, 5.74) is 7.30. The number of amides is 1. The fourth-order valence-electron chi connectivity index (χ4n) is 1.92. The minimum absolute atomic E-state index is 0. The number of nitrogens with one attached hydrogen (secondary N) is 1. The second-order valence-corrected chi connectivity index (χ2v) is 5.23. The van der Waals surface area contributed by atoms with Crippen LogP contribution in [0.2, 0.25) is 0 Å². The van der Waals surface area contributed by atoms with Crippen molar-refractivity contribution < 1.29 is 4.79 Å². The molecule has 1 aromatic rings. The lowest BCUT2D eigenvalue weighted by atomic mass is 10.1. The van der Waals surface area contributed by atoms with E-state index in [1.54, 1.807) is 24.3 Å². The summed E-state index contributed by atoms with van der Waals surface area (Å²) in [7, 11) is 0. The lowest BCUT2D eigenvalue weighted by Gasteiger charge is -2.06. The first-order chi connectivity index (χ1) is 7.49. The van der Waals surface area contributed by atoms with Crippen molar-refractivity contribution in [3.8, 4) is 0 Å². The highest BCUT2D eigenvalue weighted by atomic mass is 35.5. The number of nitrogens with two attached hydrogens (primary N) is 1. The van der Waals surface area contributed by atoms with Crippen LogP contribution in [0, 0.1) is 11.3 Å². The standard InChI is InChI=1S/C13H18N2O.ClH/c1-13(2)7-10(13)8-15-12(16)9-4-3-5-11(14)6-9;/h3-6,10H,7-8,14H2,1-2H3,(H,15,16);1H. The van der Waals surface area contributed by atoms with Crippen molar-refractivity contribution in [3.05, 3.63) is 29.8 Å². The molecule has 1 unspecified atom stereocenters. The molecule has 3 nitrogen and oxygen atoms in total. The van der Waals surface area contributed by atoms with Gasteiger partial charge in [-0.05, 0) is 36.0 Å². The molecule has 1 atom stereocenters. The van der Waals surface area contributed by atoms with Crippen LogP contribution in [-0.2, 0) is 0 Å². The molecule has 1 aromatic carbocycles. The van der Waals surface area contributed by atoms with Gasteiger partial charge in [0.05, 0.1) is 0 Å². The van der Waals surface area contributed by atoms with Crippen LogP contribution in [0.5, 0.6) is 0 Å². The molecule has 3 N–H and O–H groups in total. The van der Waals surface area contributed by atoms with E-state index in [1.807, 2.05) is 0 Å². The lowest BCUT2D eigenvalue weighted by molar-refractivity contribution is 0.0950. The zero-order valence-corrected chi connectivity index (χ0v) is 11.0. The highest BCUT2D eigenvalue weighted by molar-refractivity contribution is 5.94. The second-order valence-electron chi connectivity index (χ2n) is 5.23. The molecule has 17 heavy (non-hydrogen) atoms. The summed E-state index contributed by atoms with van der Waals surface area (Å²) in [6, 6.07) is 7.06. The number of benzene rings is 1. The van der Waals surface area contributed by atoms with E-state index in [0.29, 0.717) is 22.6 Å². The molecular weight excluding hydrogens is 236 g/mol. The summed E-state index contributed by atoms with van der Waals surface area (Å²) in [4.78, 5) is 11.8.